The summed E-state index contributed by atoms with van der Waals surface area (Å²) < 4.78 is 41.5. The van der Waals surface area contributed by atoms with Crippen LogP contribution in [0.25, 0.3) is 28.0 Å². The van der Waals surface area contributed by atoms with E-state index in [4.69, 9.17) is 17.2 Å². The number of pyridine rings is 1. The van der Waals surface area contributed by atoms with E-state index in [0.717, 1.165) is 43.2 Å². The highest BCUT2D eigenvalue weighted by Crippen LogP contribution is 2.39. The molecule has 0 amide bonds. The van der Waals surface area contributed by atoms with Crippen molar-refractivity contribution in [3.8, 4) is 16.9 Å². The minimum atomic E-state index is -4.42. The maximum atomic E-state index is 13.3. The Morgan fingerprint density at radius 3 is 2.46 bits per heavy atom. The summed E-state index contributed by atoms with van der Waals surface area (Å²) in [5.74, 6) is 0.0701. The monoisotopic (exact) mass is 705 g/mol. The number of fused-ring (bicyclic) bond motifs is 1. The van der Waals surface area contributed by atoms with Crippen LogP contribution in [0.1, 0.15) is 55.3 Å². The summed E-state index contributed by atoms with van der Waals surface area (Å²) in [7, 11) is 0. The lowest BCUT2D eigenvalue weighted by Gasteiger charge is -2.20. The molecule has 3 aromatic heterocycles. The van der Waals surface area contributed by atoms with E-state index >= 15 is 0 Å². The van der Waals surface area contributed by atoms with Crippen LogP contribution < -0.4 is 28.2 Å². The topological polar surface area (TPSA) is 166 Å². The van der Waals surface area contributed by atoms with Crippen molar-refractivity contribution in [2.45, 2.75) is 67.9 Å². The molecule has 0 aliphatic rings. The number of guanidine groups is 1. The van der Waals surface area contributed by atoms with Gasteiger partial charge in [-0.3, -0.25) is 14.5 Å². The maximum absolute atomic E-state index is 13.3. The van der Waals surface area contributed by atoms with E-state index in [1.165, 1.54) is 16.2 Å². The third-order valence-corrected chi connectivity index (χ3v) is 8.91. The highest BCUT2D eigenvalue weighted by atomic mass is 32.2. The first kappa shape index (κ1) is 36.6. The number of aromatic nitrogens is 4. The Balaban J connectivity index is 1.38. The van der Waals surface area contributed by atoms with Crippen LogP contribution in [0.3, 0.4) is 0 Å². The molecule has 2 atom stereocenters. The lowest BCUT2D eigenvalue weighted by Crippen LogP contribution is -2.25. The molecule has 2 aromatic carbocycles. The SMILES string of the molecule is C[C@H](N)CCCc1cc(SC(F)(F)F)cc(-c2cc3cn(-c4ccc([C@@H](CCc5ccncc5)NCCCN=C(N)N)cc4)c(=O)nc3[nH]2)c1. The lowest BCUT2D eigenvalue weighted by atomic mass is 9.99. The molecule has 5 rings (SSSR count). The number of rotatable bonds is 16. The van der Waals surface area contributed by atoms with Crippen molar-refractivity contribution in [1.29, 1.82) is 0 Å². The average Bonchev–Trinajstić information content (AvgIpc) is 3.48. The summed E-state index contributed by atoms with van der Waals surface area (Å²) in [6, 6.07) is 18.5. The van der Waals surface area contributed by atoms with Crippen LogP contribution in [-0.2, 0) is 12.8 Å². The summed E-state index contributed by atoms with van der Waals surface area (Å²) in [6.07, 6.45) is 9.82. The number of nitrogens with one attached hydrogen (secondary N) is 2. The zero-order chi connectivity index (χ0) is 35.7. The van der Waals surface area contributed by atoms with Crippen LogP contribution in [0.5, 0.6) is 0 Å². The Kier molecular flexibility index (Phi) is 12.3. The van der Waals surface area contributed by atoms with Gasteiger partial charge in [0.25, 0.3) is 0 Å². The predicted octanol–water partition coefficient (Wildman–Crippen LogP) is 5.98. The molecular formula is C36H42F3N9OS. The molecule has 0 saturated carbocycles. The Morgan fingerprint density at radius 2 is 1.76 bits per heavy atom. The van der Waals surface area contributed by atoms with Crippen LogP contribution in [0, 0.1) is 0 Å². The number of H-pyrrole nitrogens is 1. The van der Waals surface area contributed by atoms with E-state index in [9.17, 15) is 18.0 Å². The summed E-state index contributed by atoms with van der Waals surface area (Å²) in [5.41, 5.74) is 17.0. The van der Waals surface area contributed by atoms with Gasteiger partial charge in [-0.1, -0.05) is 12.1 Å². The van der Waals surface area contributed by atoms with Crippen LogP contribution in [0.15, 0.2) is 93.9 Å². The third-order valence-electron chi connectivity index (χ3n) is 8.21. The van der Waals surface area contributed by atoms with Gasteiger partial charge in [-0.25, -0.2) is 4.79 Å². The number of nitrogens with zero attached hydrogens (tertiary/aromatic N) is 4. The zero-order valence-corrected chi connectivity index (χ0v) is 28.6. The fourth-order valence-electron chi connectivity index (χ4n) is 5.79. The largest absolute Gasteiger partial charge is 0.446 e. The van der Waals surface area contributed by atoms with Crippen LogP contribution in [-0.4, -0.2) is 50.1 Å². The van der Waals surface area contributed by atoms with E-state index in [1.807, 2.05) is 49.4 Å². The highest BCUT2D eigenvalue weighted by molar-refractivity contribution is 8.00. The van der Waals surface area contributed by atoms with Gasteiger partial charge in [-0.05, 0) is 135 Å². The molecule has 50 heavy (non-hydrogen) atoms. The van der Waals surface area contributed by atoms with Gasteiger partial charge in [0.05, 0.1) is 5.69 Å². The first-order chi connectivity index (χ1) is 23.9. The zero-order valence-electron chi connectivity index (χ0n) is 27.8. The number of benzene rings is 2. The van der Waals surface area contributed by atoms with E-state index < -0.39 is 11.2 Å². The smallest absolute Gasteiger partial charge is 0.370 e. The normalized spacial score (nSPS) is 13.0. The number of alkyl halides is 3. The van der Waals surface area contributed by atoms with E-state index in [0.29, 0.717) is 47.5 Å². The van der Waals surface area contributed by atoms with Crippen molar-refractivity contribution in [2.75, 3.05) is 13.1 Å². The molecule has 10 nitrogen and oxygen atoms in total. The van der Waals surface area contributed by atoms with Gasteiger partial charge in [-0.15, -0.1) is 0 Å². The molecule has 0 saturated heterocycles. The maximum Gasteiger partial charge on any atom is 0.446 e. The van der Waals surface area contributed by atoms with Crippen LogP contribution >= 0.6 is 11.8 Å². The molecule has 0 radical (unpaired) electrons. The molecule has 14 heteroatoms. The quantitative estimate of drug-likeness (QED) is 0.0362. The van der Waals surface area contributed by atoms with E-state index in [1.54, 1.807) is 30.7 Å². The number of hydrogen-bond donors (Lipinski definition) is 5. The second-order valence-electron chi connectivity index (χ2n) is 12.3. The van der Waals surface area contributed by atoms with Crippen molar-refractivity contribution in [1.82, 2.24) is 24.8 Å². The first-order valence-electron chi connectivity index (χ1n) is 16.5. The molecule has 0 unspecified atom stereocenters. The molecule has 0 fully saturated rings. The summed E-state index contributed by atoms with van der Waals surface area (Å²) >= 11 is -0.145. The van der Waals surface area contributed by atoms with Crippen molar-refractivity contribution in [3.63, 3.8) is 0 Å². The summed E-state index contributed by atoms with van der Waals surface area (Å²) in [5, 5.41) is 4.26. The van der Waals surface area contributed by atoms with Crippen molar-refractivity contribution in [2.24, 2.45) is 22.2 Å². The van der Waals surface area contributed by atoms with Gasteiger partial charge < -0.3 is 27.5 Å². The number of halogens is 3. The second kappa shape index (κ2) is 16.8. The minimum Gasteiger partial charge on any atom is -0.370 e. The van der Waals surface area contributed by atoms with Gasteiger partial charge in [-0.2, -0.15) is 18.2 Å². The summed E-state index contributed by atoms with van der Waals surface area (Å²) in [6.45, 7) is 3.14. The van der Waals surface area contributed by atoms with Gasteiger partial charge in [0.15, 0.2) is 5.96 Å². The van der Waals surface area contributed by atoms with E-state index in [2.05, 4.69) is 25.3 Å². The molecule has 0 spiro atoms. The van der Waals surface area contributed by atoms with Gasteiger partial charge >= 0.3 is 11.2 Å². The summed E-state index contributed by atoms with van der Waals surface area (Å²) in [4.78, 5) is 28.9. The van der Waals surface area contributed by atoms with Gasteiger partial charge in [0.1, 0.15) is 5.65 Å². The number of aliphatic imine (C=N–C) groups is 1. The number of aryl methyl sites for hydroxylation is 2. The van der Waals surface area contributed by atoms with Crippen LogP contribution in [0.2, 0.25) is 0 Å². The molecule has 0 aliphatic carbocycles. The van der Waals surface area contributed by atoms with Crippen LogP contribution in [0.4, 0.5) is 13.2 Å². The van der Waals surface area contributed by atoms with Gasteiger partial charge in [0, 0.05) is 53.2 Å². The molecule has 3 heterocycles. The predicted molar refractivity (Wildman–Crippen MR) is 194 cm³/mol. The average molecular weight is 706 g/mol. The second-order valence-corrected chi connectivity index (χ2v) is 13.5. The van der Waals surface area contributed by atoms with Gasteiger partial charge in [0.2, 0.25) is 0 Å². The fourth-order valence-corrected chi connectivity index (χ4v) is 6.46. The number of nitrogens with two attached hydrogens (primary N) is 3. The van der Waals surface area contributed by atoms with Crippen molar-refractivity contribution < 1.29 is 13.2 Å². The third kappa shape index (κ3) is 10.7. The first-order valence-corrected chi connectivity index (χ1v) is 17.3. The van der Waals surface area contributed by atoms with Crippen molar-refractivity contribution in [3.05, 3.63) is 106 Å². The molecule has 264 valence electrons. The number of hydrogen-bond acceptors (Lipinski definition) is 7. The standard InChI is InChI=1S/C36H42F3N9OS/c1-23(40)4-2-5-25-18-27(20-30(19-25)50-36(37,38)39)32-21-28-22-48(35(49)47-33(28)46-32)29-9-7-26(8-10-29)31(44-14-3-15-45-34(41)42)11-6-24-12-16-43-17-13-24/h7-10,12-13,16-23,31,44H,2-6,11,14-15,40H2,1H3,(H4,41,42,45)(H,46,47,49)/t23-,31+/m0/s1. The highest BCUT2D eigenvalue weighted by Gasteiger charge is 2.29. The Hall–Kier alpha value is -4.66. The Morgan fingerprint density at radius 1 is 1.00 bits per heavy atom. The molecular weight excluding hydrogens is 664 g/mol. The Labute approximate surface area is 292 Å². The minimum absolute atomic E-state index is 0.00902. The molecule has 8 N–H and O–H groups in total. The molecule has 0 bridgehead atoms. The molecule has 0 aliphatic heterocycles. The number of thioether (sulfide) groups is 1. The van der Waals surface area contributed by atoms with Crippen molar-refractivity contribution >= 4 is 28.8 Å². The number of aromatic amines is 1. The Bertz CT molecular complexity index is 1940. The molecule has 5 aromatic rings. The fraction of sp³-hybridized carbons (Fsp3) is 0.333. The van der Waals surface area contributed by atoms with E-state index in [-0.39, 0.29) is 34.7 Å². The lowest BCUT2D eigenvalue weighted by molar-refractivity contribution is -0.0328.